The maximum Gasteiger partial charge on any atom is 0.333 e. The van der Waals surface area contributed by atoms with Gasteiger partial charge < -0.3 is 4.90 Å². The van der Waals surface area contributed by atoms with Gasteiger partial charge in [0.05, 0.1) is 5.69 Å². The van der Waals surface area contributed by atoms with Crippen LogP contribution in [0.15, 0.2) is 5.38 Å². The molecule has 1 fully saturated rings. The van der Waals surface area contributed by atoms with Gasteiger partial charge in [-0.15, -0.1) is 11.3 Å². The average molecular weight is 239 g/mol. The molecule has 6 heteroatoms. The number of hydrogen-bond acceptors (Lipinski definition) is 4. The van der Waals surface area contributed by atoms with E-state index in [0.29, 0.717) is 5.13 Å². The predicted octanol–water partition coefficient (Wildman–Crippen LogP) is 1.63. The van der Waals surface area contributed by atoms with Gasteiger partial charge in [-0.05, 0) is 20.8 Å². The normalized spacial score (nSPS) is 19.8. The summed E-state index contributed by atoms with van der Waals surface area (Å²) in [5.41, 5.74) is 0.0179. The van der Waals surface area contributed by atoms with Crippen LogP contribution in [0.3, 0.4) is 0 Å². The zero-order chi connectivity index (χ0) is 12.1. The van der Waals surface area contributed by atoms with Gasteiger partial charge in [0.2, 0.25) is 5.13 Å². The lowest BCUT2D eigenvalue weighted by molar-refractivity contribution is -0.123. The largest absolute Gasteiger partial charge is 0.333 e. The smallest absolute Gasteiger partial charge is 0.313 e. The van der Waals surface area contributed by atoms with Crippen molar-refractivity contribution in [2.75, 3.05) is 11.9 Å². The van der Waals surface area contributed by atoms with Crippen molar-refractivity contribution >= 4 is 28.4 Å². The van der Waals surface area contributed by atoms with Gasteiger partial charge >= 0.3 is 6.03 Å². The van der Waals surface area contributed by atoms with Gasteiger partial charge in [-0.2, -0.15) is 0 Å². The number of amides is 3. The number of nitrogens with zero attached hydrogens (tertiary/aromatic N) is 3. The Morgan fingerprint density at radius 2 is 2.00 bits per heavy atom. The summed E-state index contributed by atoms with van der Waals surface area (Å²) in [7, 11) is 1.63. The van der Waals surface area contributed by atoms with Gasteiger partial charge in [-0.25, -0.2) is 14.7 Å². The van der Waals surface area contributed by atoms with Crippen LogP contribution >= 0.6 is 11.3 Å². The van der Waals surface area contributed by atoms with Crippen molar-refractivity contribution < 1.29 is 9.59 Å². The number of likely N-dealkylation sites (N-methyl/N-ethyl adjacent to an activating group) is 1. The second-order valence-electron chi connectivity index (χ2n) is 4.31. The molecule has 3 amide bonds. The van der Waals surface area contributed by atoms with E-state index in [1.807, 2.05) is 12.3 Å². The molecule has 86 valence electrons. The molecule has 0 bridgehead atoms. The topological polar surface area (TPSA) is 53.5 Å². The molecule has 0 saturated carbocycles. The average Bonchev–Trinajstić information content (AvgIpc) is 2.68. The SMILES string of the molecule is Cc1csc(N2C(=O)N(C)C(C)(C)C2=O)n1. The molecule has 0 atom stereocenters. The highest BCUT2D eigenvalue weighted by Gasteiger charge is 2.50. The van der Waals surface area contributed by atoms with E-state index in [2.05, 4.69) is 4.98 Å². The van der Waals surface area contributed by atoms with Gasteiger partial charge in [0.25, 0.3) is 5.91 Å². The van der Waals surface area contributed by atoms with Crippen LogP contribution in [-0.4, -0.2) is 34.4 Å². The molecule has 2 heterocycles. The van der Waals surface area contributed by atoms with Crippen LogP contribution in [0.1, 0.15) is 19.5 Å². The number of urea groups is 1. The molecule has 1 aliphatic rings. The molecule has 0 N–H and O–H groups in total. The molecule has 5 nitrogen and oxygen atoms in total. The third kappa shape index (κ3) is 1.33. The highest BCUT2D eigenvalue weighted by molar-refractivity contribution is 7.14. The van der Waals surface area contributed by atoms with Crippen molar-refractivity contribution in [2.45, 2.75) is 26.3 Å². The van der Waals surface area contributed by atoms with Crippen LogP contribution < -0.4 is 4.90 Å². The summed E-state index contributed by atoms with van der Waals surface area (Å²) in [6, 6.07) is -0.315. The lowest BCUT2D eigenvalue weighted by atomic mass is 10.1. The number of hydrogen-bond donors (Lipinski definition) is 0. The number of aryl methyl sites for hydroxylation is 1. The Morgan fingerprint density at radius 1 is 1.38 bits per heavy atom. The lowest BCUT2D eigenvalue weighted by Crippen LogP contribution is -2.41. The van der Waals surface area contributed by atoms with Crippen LogP contribution in [0.25, 0.3) is 0 Å². The van der Waals surface area contributed by atoms with Crippen molar-refractivity contribution in [3.05, 3.63) is 11.1 Å². The van der Waals surface area contributed by atoms with E-state index in [9.17, 15) is 9.59 Å². The van der Waals surface area contributed by atoms with Gasteiger partial charge in [0, 0.05) is 12.4 Å². The standard InChI is InChI=1S/C10H13N3O2S/c1-6-5-16-8(11-6)13-7(14)10(2,3)12(4)9(13)15/h5H,1-4H3. The molecule has 16 heavy (non-hydrogen) atoms. The number of imide groups is 1. The highest BCUT2D eigenvalue weighted by Crippen LogP contribution is 2.32. The zero-order valence-corrected chi connectivity index (χ0v) is 10.5. The first-order chi connectivity index (χ1) is 7.35. The summed E-state index contributed by atoms with van der Waals surface area (Å²) in [5.74, 6) is -0.227. The maximum atomic E-state index is 12.1. The van der Waals surface area contributed by atoms with Gasteiger partial charge in [-0.3, -0.25) is 4.79 Å². The van der Waals surface area contributed by atoms with Crippen LogP contribution in [0.4, 0.5) is 9.93 Å². The fourth-order valence-electron chi connectivity index (χ4n) is 1.51. The summed E-state index contributed by atoms with van der Waals surface area (Å²) >= 11 is 1.30. The number of carbonyl (C=O) groups excluding carboxylic acids is 2. The molecule has 0 radical (unpaired) electrons. The van der Waals surface area contributed by atoms with Crippen LogP contribution in [-0.2, 0) is 4.79 Å². The molecule has 0 unspecified atom stereocenters. The molecule has 1 saturated heterocycles. The van der Waals surface area contributed by atoms with Gasteiger partial charge in [0.1, 0.15) is 5.54 Å². The number of aromatic nitrogens is 1. The maximum absolute atomic E-state index is 12.1. The number of thiazole rings is 1. The number of rotatable bonds is 1. The summed E-state index contributed by atoms with van der Waals surface area (Å²) in [4.78, 5) is 30.8. The summed E-state index contributed by atoms with van der Waals surface area (Å²) in [6.07, 6.45) is 0. The van der Waals surface area contributed by atoms with E-state index in [-0.39, 0.29) is 11.9 Å². The Labute approximate surface area is 97.7 Å². The van der Waals surface area contributed by atoms with E-state index in [0.717, 1.165) is 10.6 Å². The van der Waals surface area contributed by atoms with Crippen molar-refractivity contribution in [3.63, 3.8) is 0 Å². The molecule has 0 spiro atoms. The Kier molecular flexibility index (Phi) is 2.27. The number of carbonyl (C=O) groups is 2. The Morgan fingerprint density at radius 3 is 2.38 bits per heavy atom. The van der Waals surface area contributed by atoms with E-state index in [1.54, 1.807) is 20.9 Å². The van der Waals surface area contributed by atoms with E-state index in [4.69, 9.17) is 0 Å². The van der Waals surface area contributed by atoms with Crippen molar-refractivity contribution in [3.8, 4) is 0 Å². The minimum atomic E-state index is -0.795. The first-order valence-electron chi connectivity index (χ1n) is 4.90. The van der Waals surface area contributed by atoms with E-state index in [1.165, 1.54) is 16.2 Å². The molecule has 1 aromatic rings. The fourth-order valence-corrected chi connectivity index (χ4v) is 2.30. The zero-order valence-electron chi connectivity index (χ0n) is 9.64. The van der Waals surface area contributed by atoms with Crippen molar-refractivity contribution in [1.29, 1.82) is 0 Å². The third-order valence-electron chi connectivity index (χ3n) is 2.84. The Bertz CT molecular complexity index is 466. The number of anilines is 1. The first kappa shape index (κ1) is 11.1. The van der Waals surface area contributed by atoms with E-state index >= 15 is 0 Å². The lowest BCUT2D eigenvalue weighted by Gasteiger charge is -2.22. The fraction of sp³-hybridized carbons (Fsp3) is 0.500. The monoisotopic (exact) mass is 239 g/mol. The van der Waals surface area contributed by atoms with Crippen LogP contribution in [0, 0.1) is 6.92 Å². The van der Waals surface area contributed by atoms with Crippen molar-refractivity contribution in [1.82, 2.24) is 9.88 Å². The molecule has 1 aromatic heterocycles. The summed E-state index contributed by atoms with van der Waals surface area (Å²) in [6.45, 7) is 5.29. The Hall–Kier alpha value is -1.43. The van der Waals surface area contributed by atoms with Crippen LogP contribution in [0.5, 0.6) is 0 Å². The molecule has 0 aliphatic carbocycles. The van der Waals surface area contributed by atoms with Gasteiger partial charge in [-0.1, -0.05) is 0 Å². The third-order valence-corrected chi connectivity index (χ3v) is 3.79. The first-order valence-corrected chi connectivity index (χ1v) is 5.78. The summed E-state index contributed by atoms with van der Waals surface area (Å²) in [5, 5.41) is 2.27. The van der Waals surface area contributed by atoms with E-state index < -0.39 is 5.54 Å². The molecule has 2 rings (SSSR count). The van der Waals surface area contributed by atoms with Crippen LogP contribution in [0.2, 0.25) is 0 Å². The summed E-state index contributed by atoms with van der Waals surface area (Å²) < 4.78 is 0. The van der Waals surface area contributed by atoms with Gasteiger partial charge in [0.15, 0.2) is 0 Å². The minimum Gasteiger partial charge on any atom is -0.313 e. The predicted molar refractivity (Wildman–Crippen MR) is 61.6 cm³/mol. The molecule has 0 aromatic carbocycles. The molecular weight excluding hydrogens is 226 g/mol. The van der Waals surface area contributed by atoms with Crippen molar-refractivity contribution in [2.24, 2.45) is 0 Å². The molecular formula is C10H13N3O2S. The molecule has 1 aliphatic heterocycles. The second kappa shape index (κ2) is 3.28. The Balaban J connectivity index is 2.44. The second-order valence-corrected chi connectivity index (χ2v) is 5.15. The minimum absolute atomic E-state index is 0.227. The quantitative estimate of drug-likeness (QED) is 0.700. The highest BCUT2D eigenvalue weighted by atomic mass is 32.1.